The van der Waals surface area contributed by atoms with Gasteiger partial charge in [0.15, 0.2) is 0 Å². The molecule has 0 spiro atoms. The summed E-state index contributed by atoms with van der Waals surface area (Å²) in [5.41, 5.74) is 1.25. The Kier molecular flexibility index (Phi) is 4.69. The van der Waals surface area contributed by atoms with E-state index in [9.17, 15) is 4.79 Å². The molecule has 1 aromatic carbocycles. The van der Waals surface area contributed by atoms with Crippen molar-refractivity contribution >= 4 is 17.7 Å². The summed E-state index contributed by atoms with van der Waals surface area (Å²) in [5, 5.41) is 0.249. The van der Waals surface area contributed by atoms with E-state index in [1.54, 1.807) is 11.8 Å². The minimum absolute atomic E-state index is 0.149. The van der Waals surface area contributed by atoms with Crippen LogP contribution in [-0.4, -0.2) is 18.3 Å². The van der Waals surface area contributed by atoms with Crippen LogP contribution in [0.3, 0.4) is 0 Å². The van der Waals surface area contributed by atoms with Gasteiger partial charge in [0.2, 0.25) is 0 Å². The quantitative estimate of drug-likeness (QED) is 0.581. The summed E-state index contributed by atoms with van der Waals surface area (Å²) in [7, 11) is 1.42. The van der Waals surface area contributed by atoms with Crippen LogP contribution in [0.15, 0.2) is 29.2 Å². The average molecular weight is 224 g/mol. The molecule has 0 aliphatic carbocycles. The van der Waals surface area contributed by atoms with Gasteiger partial charge in [0.1, 0.15) is 0 Å². The minimum atomic E-state index is -0.149. The van der Waals surface area contributed by atoms with Gasteiger partial charge in [-0.15, -0.1) is 11.8 Å². The zero-order valence-corrected chi connectivity index (χ0v) is 10.1. The monoisotopic (exact) mass is 224 g/mol. The van der Waals surface area contributed by atoms with E-state index in [4.69, 9.17) is 0 Å². The molecule has 2 nitrogen and oxygen atoms in total. The molecule has 0 bridgehead atoms. The van der Waals surface area contributed by atoms with Crippen molar-refractivity contribution in [1.82, 2.24) is 0 Å². The number of hydrogen-bond donors (Lipinski definition) is 0. The third-order valence-corrected chi connectivity index (χ3v) is 3.38. The number of rotatable bonds is 4. The predicted octanol–water partition coefficient (Wildman–Crippen LogP) is 3.04. The van der Waals surface area contributed by atoms with Gasteiger partial charge in [-0.05, 0) is 18.6 Å². The third kappa shape index (κ3) is 3.96. The fraction of sp³-hybridized carbons (Fsp3) is 0.417. The summed E-state index contributed by atoms with van der Waals surface area (Å²) < 4.78 is 4.64. The number of aryl methyl sites for hydroxylation is 1. The van der Waals surface area contributed by atoms with Crippen LogP contribution in [0.4, 0.5) is 0 Å². The first-order valence-corrected chi connectivity index (χ1v) is 5.80. The summed E-state index contributed by atoms with van der Waals surface area (Å²) in [6, 6.07) is 8.19. The number of carbonyl (C=O) groups excluding carboxylic acids is 1. The summed E-state index contributed by atoms with van der Waals surface area (Å²) in [4.78, 5) is 12.3. The highest BCUT2D eigenvalue weighted by Gasteiger charge is 2.11. The van der Waals surface area contributed by atoms with Gasteiger partial charge in [-0.3, -0.25) is 4.79 Å². The van der Waals surface area contributed by atoms with Crippen molar-refractivity contribution in [3.8, 4) is 0 Å². The molecule has 0 aliphatic rings. The lowest BCUT2D eigenvalue weighted by Crippen LogP contribution is -2.08. The second-order valence-electron chi connectivity index (χ2n) is 3.47. The molecule has 0 amide bonds. The molecule has 0 radical (unpaired) electrons. The van der Waals surface area contributed by atoms with Crippen LogP contribution in [0.2, 0.25) is 0 Å². The van der Waals surface area contributed by atoms with Crippen molar-refractivity contribution < 1.29 is 9.53 Å². The van der Waals surface area contributed by atoms with E-state index in [-0.39, 0.29) is 11.2 Å². The number of thioether (sulfide) groups is 1. The van der Waals surface area contributed by atoms with Gasteiger partial charge in [-0.2, -0.15) is 0 Å². The Hall–Kier alpha value is -0.960. The van der Waals surface area contributed by atoms with E-state index in [1.165, 1.54) is 17.6 Å². The van der Waals surface area contributed by atoms with Crippen molar-refractivity contribution in [1.29, 1.82) is 0 Å². The Balaban J connectivity index is 2.55. The second kappa shape index (κ2) is 5.81. The van der Waals surface area contributed by atoms with Crippen LogP contribution in [0.25, 0.3) is 0 Å². The molecule has 3 heteroatoms. The Morgan fingerprint density at radius 3 is 2.73 bits per heavy atom. The van der Waals surface area contributed by atoms with Crippen molar-refractivity contribution in [2.24, 2.45) is 0 Å². The number of ether oxygens (including phenoxy) is 1. The van der Waals surface area contributed by atoms with E-state index in [0.29, 0.717) is 6.42 Å². The van der Waals surface area contributed by atoms with Crippen LogP contribution < -0.4 is 0 Å². The van der Waals surface area contributed by atoms with E-state index >= 15 is 0 Å². The zero-order chi connectivity index (χ0) is 11.3. The lowest BCUT2D eigenvalue weighted by atomic mass is 10.2. The standard InChI is InChI=1S/C12H16O2S/c1-9-6-4-5-7-11(9)15-10(2)8-12(13)14-3/h4-7,10H,8H2,1-3H3/t10-/m0/s1. The number of methoxy groups -OCH3 is 1. The van der Waals surface area contributed by atoms with Gasteiger partial charge < -0.3 is 4.74 Å². The number of carbonyl (C=O) groups is 1. The van der Waals surface area contributed by atoms with Crippen LogP contribution >= 0.6 is 11.8 Å². The van der Waals surface area contributed by atoms with Gasteiger partial charge in [-0.1, -0.05) is 25.1 Å². The number of hydrogen-bond acceptors (Lipinski definition) is 3. The maximum Gasteiger partial charge on any atom is 0.306 e. The molecule has 0 saturated heterocycles. The molecule has 15 heavy (non-hydrogen) atoms. The summed E-state index contributed by atoms with van der Waals surface area (Å²) in [6.45, 7) is 4.11. The minimum Gasteiger partial charge on any atom is -0.469 e. The molecule has 1 rings (SSSR count). The predicted molar refractivity (Wildman–Crippen MR) is 63.1 cm³/mol. The zero-order valence-electron chi connectivity index (χ0n) is 9.32. The third-order valence-electron chi connectivity index (χ3n) is 2.10. The molecule has 0 fully saturated rings. The smallest absolute Gasteiger partial charge is 0.306 e. The van der Waals surface area contributed by atoms with Gasteiger partial charge in [0.25, 0.3) is 0 Å². The Morgan fingerprint density at radius 1 is 1.47 bits per heavy atom. The first kappa shape index (κ1) is 12.1. The maximum atomic E-state index is 11.1. The van der Waals surface area contributed by atoms with Crippen molar-refractivity contribution in [3.63, 3.8) is 0 Å². The Bertz CT molecular complexity index is 336. The first-order valence-electron chi connectivity index (χ1n) is 4.92. The van der Waals surface area contributed by atoms with Gasteiger partial charge >= 0.3 is 5.97 Å². The SMILES string of the molecule is COC(=O)C[C@H](C)Sc1ccccc1C. The molecule has 1 atom stereocenters. The van der Waals surface area contributed by atoms with Crippen LogP contribution in [0.1, 0.15) is 18.9 Å². The van der Waals surface area contributed by atoms with Gasteiger partial charge in [-0.25, -0.2) is 0 Å². The molecular formula is C12H16O2S. The van der Waals surface area contributed by atoms with E-state index in [0.717, 1.165) is 0 Å². The molecule has 0 unspecified atom stereocenters. The molecule has 82 valence electrons. The molecule has 0 heterocycles. The van der Waals surface area contributed by atoms with E-state index < -0.39 is 0 Å². The highest BCUT2D eigenvalue weighted by atomic mass is 32.2. The topological polar surface area (TPSA) is 26.3 Å². The highest BCUT2D eigenvalue weighted by Crippen LogP contribution is 2.27. The Labute approximate surface area is 95.0 Å². The lowest BCUT2D eigenvalue weighted by Gasteiger charge is -2.11. The molecule has 0 aliphatic heterocycles. The summed E-state index contributed by atoms with van der Waals surface area (Å²) >= 11 is 1.71. The number of esters is 1. The second-order valence-corrected chi connectivity index (χ2v) is 4.95. The molecule has 0 aromatic heterocycles. The van der Waals surface area contributed by atoms with Crippen molar-refractivity contribution in [2.75, 3.05) is 7.11 Å². The van der Waals surface area contributed by atoms with Gasteiger partial charge in [0.05, 0.1) is 13.5 Å². The average Bonchev–Trinajstić information content (AvgIpc) is 2.21. The fourth-order valence-electron chi connectivity index (χ4n) is 1.27. The summed E-state index contributed by atoms with van der Waals surface area (Å²) in [6.07, 6.45) is 0.454. The molecule has 0 saturated carbocycles. The number of benzene rings is 1. The fourth-order valence-corrected chi connectivity index (χ4v) is 2.33. The van der Waals surface area contributed by atoms with Crippen molar-refractivity contribution in [3.05, 3.63) is 29.8 Å². The first-order chi connectivity index (χ1) is 7.13. The van der Waals surface area contributed by atoms with Crippen molar-refractivity contribution in [2.45, 2.75) is 30.4 Å². The van der Waals surface area contributed by atoms with Crippen LogP contribution in [0.5, 0.6) is 0 Å². The Morgan fingerprint density at radius 2 is 2.13 bits per heavy atom. The van der Waals surface area contributed by atoms with Crippen LogP contribution in [0, 0.1) is 6.92 Å². The normalized spacial score (nSPS) is 12.2. The molecule has 1 aromatic rings. The van der Waals surface area contributed by atoms with Crippen LogP contribution in [-0.2, 0) is 9.53 Å². The lowest BCUT2D eigenvalue weighted by molar-refractivity contribution is -0.140. The summed E-state index contributed by atoms with van der Waals surface area (Å²) in [5.74, 6) is -0.149. The maximum absolute atomic E-state index is 11.1. The molecular weight excluding hydrogens is 208 g/mol. The van der Waals surface area contributed by atoms with E-state index in [1.807, 2.05) is 19.1 Å². The van der Waals surface area contributed by atoms with E-state index in [2.05, 4.69) is 23.8 Å². The highest BCUT2D eigenvalue weighted by molar-refractivity contribution is 8.00. The largest absolute Gasteiger partial charge is 0.469 e. The van der Waals surface area contributed by atoms with Gasteiger partial charge in [0, 0.05) is 10.1 Å². The molecule has 0 N–H and O–H groups in total.